The highest BCUT2D eigenvalue weighted by Crippen LogP contribution is 2.25. The summed E-state index contributed by atoms with van der Waals surface area (Å²) >= 11 is 1.21. The van der Waals surface area contributed by atoms with E-state index in [9.17, 15) is 4.79 Å². The van der Waals surface area contributed by atoms with E-state index >= 15 is 0 Å². The summed E-state index contributed by atoms with van der Waals surface area (Å²) in [6.07, 6.45) is 1.62. The van der Waals surface area contributed by atoms with Crippen LogP contribution in [0.1, 0.15) is 5.76 Å². The molecule has 1 N–H and O–H groups in total. The highest BCUT2D eigenvalue weighted by Gasteiger charge is 2.13. The van der Waals surface area contributed by atoms with Crippen molar-refractivity contribution in [1.29, 1.82) is 0 Å². The van der Waals surface area contributed by atoms with Gasteiger partial charge in [-0.3, -0.25) is 4.79 Å². The predicted molar refractivity (Wildman–Crippen MR) is 75.9 cm³/mol. The molecule has 0 atom stereocenters. The van der Waals surface area contributed by atoms with Crippen LogP contribution < -0.4 is 0 Å². The first-order valence-corrected chi connectivity index (χ1v) is 7.05. The minimum atomic E-state index is -0.855. The van der Waals surface area contributed by atoms with E-state index in [4.69, 9.17) is 9.52 Å². The minimum Gasteiger partial charge on any atom is -0.481 e. The van der Waals surface area contributed by atoms with Crippen LogP contribution in [-0.4, -0.2) is 26.4 Å². The fraction of sp³-hybridized carbons (Fsp3) is 0.143. The molecule has 0 saturated heterocycles. The summed E-state index contributed by atoms with van der Waals surface area (Å²) in [6.45, 7) is 0.537. The molecule has 5 nitrogen and oxygen atoms in total. The lowest BCUT2D eigenvalue weighted by atomic mass is 10.3. The van der Waals surface area contributed by atoms with Crippen molar-refractivity contribution >= 4 is 28.8 Å². The number of aromatic nitrogens is 2. The summed E-state index contributed by atoms with van der Waals surface area (Å²) in [5, 5.41) is 9.51. The molecule has 3 rings (SSSR count). The molecule has 1 aromatic carbocycles. The van der Waals surface area contributed by atoms with Crippen LogP contribution in [0.4, 0.5) is 0 Å². The molecule has 0 aliphatic carbocycles. The fourth-order valence-corrected chi connectivity index (χ4v) is 2.74. The molecule has 2 heterocycles. The number of thioether (sulfide) groups is 1. The molecule has 0 radical (unpaired) electrons. The Morgan fingerprint density at radius 3 is 2.90 bits per heavy atom. The number of benzene rings is 1. The summed E-state index contributed by atoms with van der Waals surface area (Å²) in [4.78, 5) is 15.2. The molecular weight excluding hydrogens is 276 g/mol. The molecule has 6 heteroatoms. The number of rotatable bonds is 5. The van der Waals surface area contributed by atoms with Gasteiger partial charge in [0, 0.05) is 0 Å². The average molecular weight is 288 g/mol. The van der Waals surface area contributed by atoms with Gasteiger partial charge in [0.1, 0.15) is 5.76 Å². The van der Waals surface area contributed by atoms with Crippen molar-refractivity contribution in [1.82, 2.24) is 9.55 Å². The number of carbonyl (C=O) groups is 1. The maximum atomic E-state index is 10.7. The molecule has 0 aliphatic heterocycles. The molecule has 0 spiro atoms. The second-order valence-electron chi connectivity index (χ2n) is 4.23. The Kier molecular flexibility index (Phi) is 3.47. The first kappa shape index (κ1) is 12.8. The zero-order valence-electron chi connectivity index (χ0n) is 10.5. The first-order valence-electron chi connectivity index (χ1n) is 6.06. The molecule has 0 bridgehead atoms. The van der Waals surface area contributed by atoms with E-state index in [0.29, 0.717) is 11.7 Å². The number of carboxylic acid groups (broad SMARTS) is 1. The second kappa shape index (κ2) is 5.42. The number of fused-ring (bicyclic) bond motifs is 1. The fourth-order valence-electron chi connectivity index (χ4n) is 2.00. The van der Waals surface area contributed by atoms with E-state index in [1.807, 2.05) is 41.0 Å². The zero-order valence-corrected chi connectivity index (χ0v) is 11.3. The van der Waals surface area contributed by atoms with Crippen molar-refractivity contribution in [3.05, 3.63) is 48.4 Å². The SMILES string of the molecule is O=C(O)CSc1nc2ccccc2n1Cc1ccco1. The van der Waals surface area contributed by atoms with Gasteiger partial charge in [0.2, 0.25) is 0 Å². The predicted octanol–water partition coefficient (Wildman–Crippen LogP) is 2.85. The summed E-state index contributed by atoms with van der Waals surface area (Å²) in [5.41, 5.74) is 1.82. The lowest BCUT2D eigenvalue weighted by Gasteiger charge is -2.06. The molecule has 3 aromatic rings. The van der Waals surface area contributed by atoms with Gasteiger partial charge in [0.15, 0.2) is 5.16 Å². The van der Waals surface area contributed by atoms with Crippen LogP contribution in [0.15, 0.2) is 52.2 Å². The van der Waals surface area contributed by atoms with E-state index in [1.165, 1.54) is 11.8 Å². The highest BCUT2D eigenvalue weighted by molar-refractivity contribution is 7.99. The van der Waals surface area contributed by atoms with Crippen molar-refractivity contribution in [3.8, 4) is 0 Å². The smallest absolute Gasteiger partial charge is 0.313 e. The van der Waals surface area contributed by atoms with Crippen LogP contribution in [0.2, 0.25) is 0 Å². The Morgan fingerprint density at radius 1 is 1.30 bits per heavy atom. The molecule has 0 aliphatic rings. The third-order valence-electron chi connectivity index (χ3n) is 2.84. The van der Waals surface area contributed by atoms with E-state index in [1.54, 1.807) is 6.26 Å². The Bertz CT molecular complexity index is 734. The molecule has 0 amide bonds. The van der Waals surface area contributed by atoms with Crippen LogP contribution in [0.3, 0.4) is 0 Å². The Hall–Kier alpha value is -2.21. The number of aliphatic carboxylic acids is 1. The monoisotopic (exact) mass is 288 g/mol. The van der Waals surface area contributed by atoms with Gasteiger partial charge < -0.3 is 14.1 Å². The van der Waals surface area contributed by atoms with E-state index < -0.39 is 5.97 Å². The second-order valence-corrected chi connectivity index (χ2v) is 5.17. The van der Waals surface area contributed by atoms with Gasteiger partial charge in [-0.05, 0) is 24.3 Å². The molecule has 2 aromatic heterocycles. The zero-order chi connectivity index (χ0) is 13.9. The van der Waals surface area contributed by atoms with Gasteiger partial charge in [-0.1, -0.05) is 23.9 Å². The Balaban J connectivity index is 2.01. The van der Waals surface area contributed by atoms with Gasteiger partial charge in [-0.2, -0.15) is 0 Å². The van der Waals surface area contributed by atoms with Gasteiger partial charge in [0.25, 0.3) is 0 Å². The maximum Gasteiger partial charge on any atom is 0.313 e. The molecule has 20 heavy (non-hydrogen) atoms. The van der Waals surface area contributed by atoms with Gasteiger partial charge >= 0.3 is 5.97 Å². The van der Waals surface area contributed by atoms with Crippen molar-refractivity contribution in [2.75, 3.05) is 5.75 Å². The van der Waals surface area contributed by atoms with Crippen LogP contribution in [-0.2, 0) is 11.3 Å². The number of furan rings is 1. The van der Waals surface area contributed by atoms with Crippen LogP contribution in [0, 0.1) is 0 Å². The van der Waals surface area contributed by atoms with Gasteiger partial charge in [0.05, 0.1) is 29.6 Å². The van der Waals surface area contributed by atoms with Crippen LogP contribution >= 0.6 is 11.8 Å². The van der Waals surface area contributed by atoms with E-state index in [0.717, 1.165) is 16.8 Å². The number of imidazole rings is 1. The molecule has 0 saturated carbocycles. The van der Waals surface area contributed by atoms with Crippen LogP contribution in [0.25, 0.3) is 11.0 Å². The lowest BCUT2D eigenvalue weighted by molar-refractivity contribution is -0.133. The van der Waals surface area contributed by atoms with Gasteiger partial charge in [-0.15, -0.1) is 0 Å². The minimum absolute atomic E-state index is 0.0124. The lowest BCUT2D eigenvalue weighted by Crippen LogP contribution is -2.04. The summed E-state index contributed by atoms with van der Waals surface area (Å²) in [5.74, 6) is -0.0569. The summed E-state index contributed by atoms with van der Waals surface area (Å²) in [6, 6.07) is 11.5. The van der Waals surface area contributed by atoms with Crippen molar-refractivity contribution in [2.24, 2.45) is 0 Å². The normalized spacial score (nSPS) is 11.0. The van der Waals surface area contributed by atoms with Crippen molar-refractivity contribution < 1.29 is 14.3 Å². The Labute approximate surface area is 119 Å². The van der Waals surface area contributed by atoms with Crippen molar-refractivity contribution in [2.45, 2.75) is 11.7 Å². The van der Waals surface area contributed by atoms with Gasteiger partial charge in [-0.25, -0.2) is 4.98 Å². The number of hydrogen-bond acceptors (Lipinski definition) is 4. The molecular formula is C14H12N2O3S. The first-order chi connectivity index (χ1) is 9.74. The topological polar surface area (TPSA) is 68.3 Å². The quantitative estimate of drug-likeness (QED) is 0.731. The van der Waals surface area contributed by atoms with E-state index in [-0.39, 0.29) is 5.75 Å². The third-order valence-corrected chi connectivity index (χ3v) is 3.80. The third kappa shape index (κ3) is 2.55. The molecule has 0 unspecified atom stereocenters. The number of para-hydroxylation sites is 2. The Morgan fingerprint density at radius 2 is 2.15 bits per heavy atom. The number of nitrogens with zero attached hydrogens (tertiary/aromatic N) is 2. The van der Waals surface area contributed by atoms with Crippen molar-refractivity contribution in [3.63, 3.8) is 0 Å². The number of hydrogen-bond donors (Lipinski definition) is 1. The average Bonchev–Trinajstić information content (AvgIpc) is 3.05. The molecule has 0 fully saturated rings. The highest BCUT2D eigenvalue weighted by atomic mass is 32.2. The summed E-state index contributed by atoms with van der Waals surface area (Å²) < 4.78 is 7.34. The van der Waals surface area contributed by atoms with Crippen LogP contribution in [0.5, 0.6) is 0 Å². The standard InChI is InChI=1S/C14H12N2O3S/c17-13(18)9-20-14-15-11-5-1-2-6-12(11)16(14)8-10-4-3-7-19-10/h1-7H,8-9H2,(H,17,18). The number of carboxylic acids is 1. The molecule has 102 valence electrons. The largest absolute Gasteiger partial charge is 0.481 e. The van der Waals surface area contributed by atoms with E-state index in [2.05, 4.69) is 4.98 Å². The summed E-state index contributed by atoms with van der Waals surface area (Å²) in [7, 11) is 0. The maximum absolute atomic E-state index is 10.7.